The van der Waals surface area contributed by atoms with Gasteiger partial charge in [-0.2, -0.15) is 0 Å². The zero-order chi connectivity index (χ0) is 13.7. The molecule has 0 atom stereocenters. The summed E-state index contributed by atoms with van der Waals surface area (Å²) < 4.78 is 9.68. The van der Waals surface area contributed by atoms with Crippen LogP contribution in [-0.4, -0.2) is 22.8 Å². The van der Waals surface area contributed by atoms with Crippen LogP contribution in [-0.2, 0) is 4.74 Å². The Morgan fingerprint density at radius 1 is 1.42 bits per heavy atom. The van der Waals surface area contributed by atoms with Crippen molar-refractivity contribution >= 4 is 23.4 Å². The SMILES string of the molecule is CCOC(=O)Nc1ccc(Nc2cc(C)on2)cn1. The predicted octanol–water partition coefficient (Wildman–Crippen LogP) is 2.69. The van der Waals surface area contributed by atoms with Crippen LogP contribution in [0.3, 0.4) is 0 Å². The molecular weight excluding hydrogens is 248 g/mol. The first-order chi connectivity index (χ1) is 9.17. The topological polar surface area (TPSA) is 89.3 Å². The molecule has 0 radical (unpaired) electrons. The maximum absolute atomic E-state index is 11.2. The number of carbonyl (C=O) groups is 1. The normalized spacial score (nSPS) is 10.0. The molecule has 19 heavy (non-hydrogen) atoms. The third kappa shape index (κ3) is 3.70. The van der Waals surface area contributed by atoms with Crippen LogP contribution in [0.5, 0.6) is 0 Å². The highest BCUT2D eigenvalue weighted by molar-refractivity contribution is 5.83. The number of aryl methyl sites for hydroxylation is 1. The Labute approximate surface area is 110 Å². The minimum Gasteiger partial charge on any atom is -0.450 e. The van der Waals surface area contributed by atoms with Gasteiger partial charge in [-0.05, 0) is 26.0 Å². The first kappa shape index (κ1) is 12.9. The first-order valence-electron chi connectivity index (χ1n) is 5.77. The number of anilines is 3. The second kappa shape index (κ2) is 5.85. The second-order valence-corrected chi connectivity index (χ2v) is 3.73. The number of hydrogen-bond acceptors (Lipinski definition) is 6. The van der Waals surface area contributed by atoms with E-state index in [-0.39, 0.29) is 0 Å². The molecule has 0 aromatic carbocycles. The lowest BCUT2D eigenvalue weighted by molar-refractivity contribution is 0.168. The number of amides is 1. The van der Waals surface area contributed by atoms with Gasteiger partial charge < -0.3 is 14.6 Å². The van der Waals surface area contributed by atoms with E-state index < -0.39 is 6.09 Å². The second-order valence-electron chi connectivity index (χ2n) is 3.73. The van der Waals surface area contributed by atoms with Crippen molar-refractivity contribution in [1.82, 2.24) is 10.1 Å². The molecule has 0 unspecified atom stereocenters. The molecule has 7 nitrogen and oxygen atoms in total. The Morgan fingerprint density at radius 3 is 2.84 bits per heavy atom. The van der Waals surface area contributed by atoms with Crippen molar-refractivity contribution in [3.63, 3.8) is 0 Å². The fraction of sp³-hybridized carbons (Fsp3) is 0.250. The van der Waals surface area contributed by atoms with E-state index in [2.05, 4.69) is 20.8 Å². The highest BCUT2D eigenvalue weighted by Gasteiger charge is 2.04. The van der Waals surface area contributed by atoms with Gasteiger partial charge in [-0.15, -0.1) is 0 Å². The minimum absolute atomic E-state index is 0.316. The molecule has 0 saturated heterocycles. The lowest BCUT2D eigenvalue weighted by Gasteiger charge is -2.05. The van der Waals surface area contributed by atoms with Crippen LogP contribution >= 0.6 is 0 Å². The predicted molar refractivity (Wildman–Crippen MR) is 69.4 cm³/mol. The zero-order valence-corrected chi connectivity index (χ0v) is 10.6. The van der Waals surface area contributed by atoms with E-state index in [4.69, 9.17) is 9.26 Å². The van der Waals surface area contributed by atoms with Crippen LogP contribution in [0.2, 0.25) is 0 Å². The highest BCUT2D eigenvalue weighted by Crippen LogP contribution is 2.16. The smallest absolute Gasteiger partial charge is 0.412 e. The van der Waals surface area contributed by atoms with Crippen LogP contribution in [0.15, 0.2) is 28.9 Å². The molecule has 0 aliphatic rings. The summed E-state index contributed by atoms with van der Waals surface area (Å²) in [7, 11) is 0. The van der Waals surface area contributed by atoms with Crippen molar-refractivity contribution in [2.24, 2.45) is 0 Å². The molecular formula is C12H14N4O3. The van der Waals surface area contributed by atoms with Gasteiger partial charge in [-0.1, -0.05) is 5.16 Å². The van der Waals surface area contributed by atoms with Gasteiger partial charge in [0.05, 0.1) is 18.5 Å². The molecule has 0 fully saturated rings. The number of nitrogens with one attached hydrogen (secondary N) is 2. The number of pyridine rings is 1. The Bertz CT molecular complexity index is 550. The van der Waals surface area contributed by atoms with E-state index in [0.29, 0.717) is 18.2 Å². The van der Waals surface area contributed by atoms with Crippen LogP contribution < -0.4 is 10.6 Å². The van der Waals surface area contributed by atoms with Gasteiger partial charge in [0.2, 0.25) is 0 Å². The van der Waals surface area contributed by atoms with Crippen LogP contribution in [0.25, 0.3) is 0 Å². The molecule has 2 N–H and O–H groups in total. The summed E-state index contributed by atoms with van der Waals surface area (Å²) in [6.45, 7) is 3.86. The highest BCUT2D eigenvalue weighted by atomic mass is 16.5. The van der Waals surface area contributed by atoms with E-state index in [1.165, 1.54) is 0 Å². The molecule has 0 aliphatic carbocycles. The Morgan fingerprint density at radius 2 is 2.26 bits per heavy atom. The molecule has 2 aromatic rings. The largest absolute Gasteiger partial charge is 0.450 e. The van der Waals surface area contributed by atoms with Gasteiger partial charge >= 0.3 is 6.09 Å². The summed E-state index contributed by atoms with van der Waals surface area (Å²) in [6.07, 6.45) is 1.05. The van der Waals surface area contributed by atoms with Crippen molar-refractivity contribution < 1.29 is 14.1 Å². The summed E-state index contributed by atoms with van der Waals surface area (Å²) in [4.78, 5) is 15.3. The van der Waals surface area contributed by atoms with Gasteiger partial charge in [0, 0.05) is 6.07 Å². The van der Waals surface area contributed by atoms with Crippen molar-refractivity contribution in [1.29, 1.82) is 0 Å². The molecule has 7 heteroatoms. The van der Waals surface area contributed by atoms with E-state index in [0.717, 1.165) is 11.4 Å². The number of nitrogens with zero attached hydrogens (tertiary/aromatic N) is 2. The van der Waals surface area contributed by atoms with Gasteiger partial charge in [0.1, 0.15) is 11.6 Å². The van der Waals surface area contributed by atoms with E-state index in [9.17, 15) is 4.79 Å². The maximum Gasteiger partial charge on any atom is 0.412 e. The lowest BCUT2D eigenvalue weighted by atomic mass is 10.4. The third-order valence-corrected chi connectivity index (χ3v) is 2.17. The molecule has 100 valence electrons. The molecule has 0 spiro atoms. The Hall–Kier alpha value is -2.57. The Kier molecular flexibility index (Phi) is 3.97. The van der Waals surface area contributed by atoms with E-state index in [1.807, 2.05) is 6.92 Å². The van der Waals surface area contributed by atoms with Gasteiger partial charge in [0.15, 0.2) is 5.82 Å². The first-order valence-corrected chi connectivity index (χ1v) is 5.77. The Balaban J connectivity index is 1.96. The quantitative estimate of drug-likeness (QED) is 0.880. The van der Waals surface area contributed by atoms with E-state index in [1.54, 1.807) is 31.3 Å². The van der Waals surface area contributed by atoms with Crippen LogP contribution in [0, 0.1) is 6.92 Å². The number of rotatable bonds is 4. The molecule has 2 aromatic heterocycles. The molecule has 0 aliphatic heterocycles. The standard InChI is InChI=1S/C12H14N4O3/c1-3-18-12(17)15-10-5-4-9(7-13-10)14-11-6-8(2)19-16-11/h4-7H,3H2,1-2H3,(H,14,16)(H,13,15,17). The summed E-state index contributed by atoms with van der Waals surface area (Å²) in [5.41, 5.74) is 0.739. The average Bonchev–Trinajstić information content (AvgIpc) is 2.78. The summed E-state index contributed by atoms with van der Waals surface area (Å²) >= 11 is 0. The van der Waals surface area contributed by atoms with Gasteiger partial charge in [0.25, 0.3) is 0 Å². The molecule has 0 saturated carbocycles. The number of ether oxygens (including phenoxy) is 1. The molecule has 2 rings (SSSR count). The average molecular weight is 262 g/mol. The zero-order valence-electron chi connectivity index (χ0n) is 10.6. The number of carbonyl (C=O) groups excluding carboxylic acids is 1. The van der Waals surface area contributed by atoms with E-state index >= 15 is 0 Å². The minimum atomic E-state index is -0.525. The van der Waals surface area contributed by atoms with Gasteiger partial charge in [-0.3, -0.25) is 5.32 Å². The molecule has 0 bridgehead atoms. The van der Waals surface area contributed by atoms with Crippen molar-refractivity contribution in [2.45, 2.75) is 13.8 Å². The fourth-order valence-corrected chi connectivity index (χ4v) is 1.39. The lowest BCUT2D eigenvalue weighted by Crippen LogP contribution is -2.14. The van der Waals surface area contributed by atoms with Crippen molar-refractivity contribution in [3.8, 4) is 0 Å². The van der Waals surface area contributed by atoms with Crippen molar-refractivity contribution in [2.75, 3.05) is 17.2 Å². The maximum atomic E-state index is 11.2. The van der Waals surface area contributed by atoms with Crippen LogP contribution in [0.4, 0.5) is 22.1 Å². The molecule has 2 heterocycles. The van der Waals surface area contributed by atoms with Crippen molar-refractivity contribution in [3.05, 3.63) is 30.2 Å². The third-order valence-electron chi connectivity index (χ3n) is 2.17. The summed E-state index contributed by atoms with van der Waals surface area (Å²) in [5.74, 6) is 1.74. The monoisotopic (exact) mass is 262 g/mol. The van der Waals surface area contributed by atoms with Crippen LogP contribution in [0.1, 0.15) is 12.7 Å². The summed E-state index contributed by atoms with van der Waals surface area (Å²) in [5, 5.41) is 9.33. The molecule has 1 amide bonds. The number of aromatic nitrogens is 2. The fourth-order valence-electron chi connectivity index (χ4n) is 1.39. The van der Waals surface area contributed by atoms with Gasteiger partial charge in [-0.25, -0.2) is 9.78 Å². The summed E-state index contributed by atoms with van der Waals surface area (Å²) in [6, 6.07) is 5.19. The number of hydrogen-bond donors (Lipinski definition) is 2.